The summed E-state index contributed by atoms with van der Waals surface area (Å²) in [5.74, 6) is 0.324. The van der Waals surface area contributed by atoms with Gasteiger partial charge in [0.1, 0.15) is 0 Å². The number of hydrogen-bond donors (Lipinski definition) is 1. The molecule has 2 heterocycles. The fraction of sp³-hybridized carbons (Fsp3) is 0.600. The van der Waals surface area contributed by atoms with Crippen LogP contribution in [-0.2, 0) is 0 Å². The topological polar surface area (TPSA) is 23.5 Å². The molecule has 0 amide bonds. The van der Waals surface area contributed by atoms with Crippen molar-refractivity contribution in [2.75, 3.05) is 13.1 Å². The minimum atomic E-state index is -0.156. The molecule has 2 aliphatic rings. The van der Waals surface area contributed by atoms with Crippen molar-refractivity contribution < 1.29 is 5.11 Å². The maximum absolute atomic E-state index is 10.3. The minimum absolute atomic E-state index is 0. The number of rotatable bonds is 1. The van der Waals surface area contributed by atoms with Gasteiger partial charge >= 0.3 is 0 Å². The van der Waals surface area contributed by atoms with Crippen LogP contribution in [0.1, 0.15) is 37.2 Å². The third-order valence-corrected chi connectivity index (χ3v) is 4.39. The van der Waals surface area contributed by atoms with E-state index < -0.39 is 0 Å². The number of aliphatic hydroxyl groups excluding tert-OH is 1. The Balaban J connectivity index is 0.00000120. The van der Waals surface area contributed by atoms with Gasteiger partial charge in [0.15, 0.2) is 0 Å². The first-order chi connectivity index (χ1) is 8.36. The van der Waals surface area contributed by atoms with E-state index in [1.165, 1.54) is 31.4 Å². The van der Waals surface area contributed by atoms with E-state index in [-0.39, 0.29) is 18.5 Å². The van der Waals surface area contributed by atoms with Gasteiger partial charge in [-0.3, -0.25) is 4.90 Å². The lowest BCUT2D eigenvalue weighted by molar-refractivity contribution is 0.00107. The fourth-order valence-corrected chi connectivity index (χ4v) is 3.55. The second-order valence-electron chi connectivity index (χ2n) is 5.39. The van der Waals surface area contributed by atoms with Crippen molar-refractivity contribution in [3.63, 3.8) is 0 Å². The Morgan fingerprint density at radius 1 is 1.00 bits per heavy atom. The number of hydrogen-bond acceptors (Lipinski definition) is 2. The standard InChI is InChI=1S/C15H21NO.ClH/c17-14-9-11-16-10-5-4-8-13(16)15(14)12-6-2-1-3-7-12;/h1-3,6-7,13-15,17H,4-5,8-11H2;1H/t13-,14-,15-;/m1./s1. The van der Waals surface area contributed by atoms with Crippen LogP contribution in [0.4, 0.5) is 0 Å². The SMILES string of the molecule is Cl.O[C@@H]1CCN2CCCC[C@@H]2[C@H]1c1ccccc1. The van der Waals surface area contributed by atoms with Gasteiger partial charge in [0.05, 0.1) is 6.10 Å². The van der Waals surface area contributed by atoms with Crippen LogP contribution >= 0.6 is 12.4 Å². The molecule has 0 saturated carbocycles. The molecule has 100 valence electrons. The molecule has 0 radical (unpaired) electrons. The summed E-state index contributed by atoms with van der Waals surface area (Å²) in [6, 6.07) is 11.1. The van der Waals surface area contributed by atoms with Crippen LogP contribution in [0.15, 0.2) is 30.3 Å². The number of nitrogens with zero attached hydrogens (tertiary/aromatic N) is 1. The van der Waals surface area contributed by atoms with Crippen LogP contribution in [0.3, 0.4) is 0 Å². The molecule has 1 aromatic rings. The molecule has 2 aliphatic heterocycles. The number of benzene rings is 1. The van der Waals surface area contributed by atoms with Gasteiger partial charge in [0.2, 0.25) is 0 Å². The maximum atomic E-state index is 10.3. The van der Waals surface area contributed by atoms with Gasteiger partial charge in [0.25, 0.3) is 0 Å². The van der Waals surface area contributed by atoms with E-state index in [1.54, 1.807) is 0 Å². The summed E-state index contributed by atoms with van der Waals surface area (Å²) in [6.07, 6.45) is 4.66. The van der Waals surface area contributed by atoms with Crippen LogP contribution in [-0.4, -0.2) is 35.2 Å². The lowest BCUT2D eigenvalue weighted by Gasteiger charge is -2.46. The van der Waals surface area contributed by atoms with Crippen LogP contribution in [0.25, 0.3) is 0 Å². The predicted molar refractivity (Wildman–Crippen MR) is 76.3 cm³/mol. The molecular weight excluding hydrogens is 246 g/mol. The Labute approximate surface area is 115 Å². The molecule has 0 unspecified atom stereocenters. The van der Waals surface area contributed by atoms with Crippen molar-refractivity contribution in [1.29, 1.82) is 0 Å². The summed E-state index contributed by atoms with van der Waals surface area (Å²) in [6.45, 7) is 2.30. The summed E-state index contributed by atoms with van der Waals surface area (Å²) in [4.78, 5) is 2.59. The summed E-state index contributed by atoms with van der Waals surface area (Å²) in [5.41, 5.74) is 1.32. The Bertz CT molecular complexity index is 370. The maximum Gasteiger partial charge on any atom is 0.0636 e. The molecule has 3 rings (SSSR count). The van der Waals surface area contributed by atoms with E-state index in [0.717, 1.165) is 13.0 Å². The van der Waals surface area contributed by atoms with E-state index in [0.29, 0.717) is 12.0 Å². The smallest absolute Gasteiger partial charge is 0.0636 e. The highest BCUT2D eigenvalue weighted by atomic mass is 35.5. The molecule has 2 nitrogen and oxygen atoms in total. The van der Waals surface area contributed by atoms with Crippen molar-refractivity contribution in [3.05, 3.63) is 35.9 Å². The van der Waals surface area contributed by atoms with Crippen molar-refractivity contribution in [2.24, 2.45) is 0 Å². The molecule has 0 bridgehead atoms. The van der Waals surface area contributed by atoms with Crippen molar-refractivity contribution in [2.45, 2.75) is 43.7 Å². The first-order valence-corrected chi connectivity index (χ1v) is 6.83. The van der Waals surface area contributed by atoms with Crippen LogP contribution in [0.5, 0.6) is 0 Å². The van der Waals surface area contributed by atoms with Gasteiger partial charge in [-0.15, -0.1) is 12.4 Å². The third kappa shape index (κ3) is 2.56. The van der Waals surface area contributed by atoms with Crippen molar-refractivity contribution in [1.82, 2.24) is 4.90 Å². The molecule has 0 aliphatic carbocycles. The summed E-state index contributed by atoms with van der Waals surface area (Å²) in [5, 5.41) is 10.3. The Kier molecular flexibility index (Phi) is 4.66. The summed E-state index contributed by atoms with van der Waals surface area (Å²) >= 11 is 0. The van der Waals surface area contributed by atoms with Gasteiger partial charge < -0.3 is 5.11 Å². The second kappa shape index (κ2) is 6.05. The fourth-order valence-electron chi connectivity index (χ4n) is 3.55. The zero-order valence-corrected chi connectivity index (χ0v) is 11.5. The van der Waals surface area contributed by atoms with E-state index in [9.17, 15) is 5.11 Å². The highest BCUT2D eigenvalue weighted by Crippen LogP contribution is 2.37. The van der Waals surface area contributed by atoms with Gasteiger partial charge in [-0.25, -0.2) is 0 Å². The molecular formula is C15H22ClNO. The molecule has 0 aromatic heterocycles. The second-order valence-corrected chi connectivity index (χ2v) is 5.39. The van der Waals surface area contributed by atoms with Crippen LogP contribution < -0.4 is 0 Å². The van der Waals surface area contributed by atoms with Crippen molar-refractivity contribution in [3.8, 4) is 0 Å². The molecule has 18 heavy (non-hydrogen) atoms. The lowest BCUT2D eigenvalue weighted by atomic mass is 9.77. The van der Waals surface area contributed by atoms with E-state index in [1.807, 2.05) is 0 Å². The van der Waals surface area contributed by atoms with Crippen molar-refractivity contribution >= 4 is 12.4 Å². The third-order valence-electron chi connectivity index (χ3n) is 4.39. The lowest BCUT2D eigenvalue weighted by Crippen LogP contribution is -2.51. The molecule has 3 atom stereocenters. The van der Waals surface area contributed by atoms with Gasteiger partial charge in [-0.2, -0.15) is 0 Å². The monoisotopic (exact) mass is 267 g/mol. The van der Waals surface area contributed by atoms with Gasteiger partial charge in [-0.05, 0) is 31.4 Å². The Hall–Kier alpha value is -0.570. The highest BCUT2D eigenvalue weighted by molar-refractivity contribution is 5.85. The van der Waals surface area contributed by atoms with Crippen LogP contribution in [0, 0.1) is 0 Å². The quantitative estimate of drug-likeness (QED) is 0.846. The predicted octanol–water partition coefficient (Wildman–Crippen LogP) is 2.81. The summed E-state index contributed by atoms with van der Waals surface area (Å²) < 4.78 is 0. The highest BCUT2D eigenvalue weighted by Gasteiger charge is 2.38. The van der Waals surface area contributed by atoms with E-state index in [4.69, 9.17) is 0 Å². The number of halogens is 1. The van der Waals surface area contributed by atoms with E-state index >= 15 is 0 Å². The number of fused-ring (bicyclic) bond motifs is 1. The summed E-state index contributed by atoms with van der Waals surface area (Å²) in [7, 11) is 0. The molecule has 1 N–H and O–H groups in total. The largest absolute Gasteiger partial charge is 0.392 e. The average Bonchev–Trinajstić information content (AvgIpc) is 2.39. The van der Waals surface area contributed by atoms with Gasteiger partial charge in [0, 0.05) is 18.5 Å². The molecule has 2 fully saturated rings. The average molecular weight is 268 g/mol. The molecule has 3 heteroatoms. The Morgan fingerprint density at radius 3 is 2.56 bits per heavy atom. The molecule has 0 spiro atoms. The van der Waals surface area contributed by atoms with Gasteiger partial charge in [-0.1, -0.05) is 36.8 Å². The number of aliphatic hydroxyl groups is 1. The molecule has 2 saturated heterocycles. The normalized spacial score (nSPS) is 32.4. The first-order valence-electron chi connectivity index (χ1n) is 6.83. The number of piperidine rings is 2. The zero-order valence-electron chi connectivity index (χ0n) is 10.7. The van der Waals surface area contributed by atoms with E-state index in [2.05, 4.69) is 35.2 Å². The minimum Gasteiger partial charge on any atom is -0.392 e. The molecule has 1 aromatic carbocycles. The Morgan fingerprint density at radius 2 is 1.78 bits per heavy atom. The first kappa shape index (κ1) is 13.9. The zero-order chi connectivity index (χ0) is 11.7. The van der Waals surface area contributed by atoms with Crippen LogP contribution in [0.2, 0.25) is 0 Å².